The van der Waals surface area contributed by atoms with Crippen molar-refractivity contribution < 1.29 is 0 Å². The number of nitriles is 1. The number of hydrogen-bond donors (Lipinski definition) is 0. The fraction of sp³-hybridized carbons (Fsp3) is 0.833. The third-order valence-corrected chi connectivity index (χ3v) is 3.59. The van der Waals surface area contributed by atoms with E-state index in [0.717, 1.165) is 30.8 Å². The molecule has 84 valence electrons. The van der Waals surface area contributed by atoms with Crippen LogP contribution in [0.5, 0.6) is 0 Å². The van der Waals surface area contributed by atoms with Gasteiger partial charge in [-0.1, -0.05) is 33.0 Å². The normalized spacial score (nSPS) is 23.3. The minimum Gasteiger partial charge on any atom is -0.350 e. The third-order valence-electron chi connectivity index (χ3n) is 3.02. The molecule has 0 radical (unpaired) electrons. The van der Waals surface area contributed by atoms with Gasteiger partial charge in [0, 0.05) is 12.5 Å². The van der Waals surface area contributed by atoms with Crippen LogP contribution in [0.3, 0.4) is 0 Å². The van der Waals surface area contributed by atoms with Crippen molar-refractivity contribution in [1.82, 2.24) is 4.90 Å². The molecule has 2 unspecified atom stereocenters. The Labute approximate surface area is 98.3 Å². The van der Waals surface area contributed by atoms with Crippen LogP contribution < -0.4 is 0 Å². The first-order chi connectivity index (χ1) is 7.10. The Morgan fingerprint density at radius 3 is 2.73 bits per heavy atom. The molecule has 1 fully saturated rings. The monoisotopic (exact) mass is 224 g/mol. The Kier molecular flexibility index (Phi) is 4.53. The Morgan fingerprint density at radius 2 is 2.27 bits per heavy atom. The summed E-state index contributed by atoms with van der Waals surface area (Å²) in [6, 6.07) is 2.33. The third kappa shape index (κ3) is 2.92. The first-order valence-corrected chi connectivity index (χ1v) is 6.21. The van der Waals surface area contributed by atoms with Crippen molar-refractivity contribution in [3.8, 4) is 6.07 Å². The van der Waals surface area contributed by atoms with Crippen molar-refractivity contribution in [1.29, 1.82) is 5.26 Å². The lowest BCUT2D eigenvalue weighted by atomic mass is 9.96. The molecule has 0 saturated carbocycles. The van der Waals surface area contributed by atoms with Gasteiger partial charge < -0.3 is 4.90 Å². The molecule has 15 heavy (non-hydrogen) atoms. The molecule has 0 bridgehead atoms. The van der Waals surface area contributed by atoms with Crippen LogP contribution in [0.2, 0.25) is 0 Å². The lowest BCUT2D eigenvalue weighted by molar-refractivity contribution is 0.389. The van der Waals surface area contributed by atoms with Crippen molar-refractivity contribution >= 4 is 17.2 Å². The van der Waals surface area contributed by atoms with Crippen LogP contribution in [0.1, 0.15) is 40.0 Å². The molecule has 2 atom stereocenters. The lowest BCUT2D eigenvalue weighted by Gasteiger charge is -2.24. The Bertz CT molecular complexity index is 267. The highest BCUT2D eigenvalue weighted by molar-refractivity contribution is 7.80. The SMILES string of the molecule is CCC(C#N)N1CCC(CC(C)C)C1=S. The fourth-order valence-electron chi connectivity index (χ4n) is 2.24. The summed E-state index contributed by atoms with van der Waals surface area (Å²) in [7, 11) is 0. The number of likely N-dealkylation sites (tertiary alicyclic amines) is 1. The van der Waals surface area contributed by atoms with Gasteiger partial charge in [0.2, 0.25) is 0 Å². The quantitative estimate of drug-likeness (QED) is 0.687. The highest BCUT2D eigenvalue weighted by Crippen LogP contribution is 2.28. The zero-order chi connectivity index (χ0) is 11.4. The molecule has 0 aromatic rings. The van der Waals surface area contributed by atoms with E-state index in [-0.39, 0.29) is 6.04 Å². The second-order valence-electron chi connectivity index (χ2n) is 4.70. The van der Waals surface area contributed by atoms with E-state index in [1.54, 1.807) is 0 Å². The topological polar surface area (TPSA) is 27.0 Å². The summed E-state index contributed by atoms with van der Waals surface area (Å²) in [6.45, 7) is 7.48. The van der Waals surface area contributed by atoms with Gasteiger partial charge in [-0.15, -0.1) is 0 Å². The molecular formula is C12H20N2S. The van der Waals surface area contributed by atoms with E-state index in [0.29, 0.717) is 11.8 Å². The van der Waals surface area contributed by atoms with Crippen LogP contribution in [0.4, 0.5) is 0 Å². The summed E-state index contributed by atoms with van der Waals surface area (Å²) in [5.41, 5.74) is 0. The highest BCUT2D eigenvalue weighted by Gasteiger charge is 2.31. The van der Waals surface area contributed by atoms with Crippen LogP contribution in [0.25, 0.3) is 0 Å². The molecule has 0 aromatic heterocycles. The maximum absolute atomic E-state index is 9.02. The van der Waals surface area contributed by atoms with E-state index in [2.05, 4.69) is 24.8 Å². The Morgan fingerprint density at radius 1 is 1.60 bits per heavy atom. The van der Waals surface area contributed by atoms with Gasteiger partial charge in [-0.25, -0.2) is 0 Å². The predicted molar refractivity (Wildman–Crippen MR) is 66.6 cm³/mol. The first kappa shape index (κ1) is 12.4. The molecule has 3 heteroatoms. The molecule has 1 rings (SSSR count). The molecule has 1 heterocycles. The maximum Gasteiger partial charge on any atom is 0.117 e. The minimum atomic E-state index is -0.00494. The van der Waals surface area contributed by atoms with Gasteiger partial charge in [0.1, 0.15) is 6.04 Å². The smallest absolute Gasteiger partial charge is 0.117 e. The van der Waals surface area contributed by atoms with Crippen LogP contribution in [-0.2, 0) is 0 Å². The van der Waals surface area contributed by atoms with Crippen LogP contribution >= 0.6 is 12.2 Å². The van der Waals surface area contributed by atoms with Crippen molar-refractivity contribution in [3.63, 3.8) is 0 Å². The van der Waals surface area contributed by atoms with E-state index in [1.807, 2.05) is 6.92 Å². The Balaban J connectivity index is 2.60. The first-order valence-electron chi connectivity index (χ1n) is 5.80. The van der Waals surface area contributed by atoms with Gasteiger partial charge in [0.15, 0.2) is 0 Å². The molecule has 0 aromatic carbocycles. The second-order valence-corrected chi connectivity index (χ2v) is 5.12. The summed E-state index contributed by atoms with van der Waals surface area (Å²) >= 11 is 5.46. The maximum atomic E-state index is 9.02. The van der Waals surface area contributed by atoms with Crippen molar-refractivity contribution in [2.24, 2.45) is 11.8 Å². The Hall–Kier alpha value is -0.620. The van der Waals surface area contributed by atoms with Crippen molar-refractivity contribution in [2.45, 2.75) is 46.1 Å². The van der Waals surface area contributed by atoms with Crippen molar-refractivity contribution in [3.05, 3.63) is 0 Å². The second kappa shape index (κ2) is 5.46. The number of thiocarbonyl (C=S) groups is 1. The number of hydrogen-bond acceptors (Lipinski definition) is 2. The molecule has 2 nitrogen and oxygen atoms in total. The van der Waals surface area contributed by atoms with Crippen LogP contribution in [-0.4, -0.2) is 22.5 Å². The lowest BCUT2D eigenvalue weighted by Crippen LogP contribution is -2.35. The summed E-state index contributed by atoms with van der Waals surface area (Å²) in [5, 5.41) is 9.02. The molecule has 1 aliphatic rings. The van der Waals surface area contributed by atoms with Crippen LogP contribution in [0, 0.1) is 23.2 Å². The highest BCUT2D eigenvalue weighted by atomic mass is 32.1. The van der Waals surface area contributed by atoms with Gasteiger partial charge >= 0.3 is 0 Å². The molecule has 0 aliphatic carbocycles. The zero-order valence-electron chi connectivity index (χ0n) is 9.86. The van der Waals surface area contributed by atoms with Gasteiger partial charge in [-0.3, -0.25) is 0 Å². The molecule has 0 spiro atoms. The average Bonchev–Trinajstić information content (AvgIpc) is 2.51. The number of nitrogens with zero attached hydrogens (tertiary/aromatic N) is 2. The molecule has 1 saturated heterocycles. The number of rotatable bonds is 4. The van der Waals surface area contributed by atoms with E-state index < -0.39 is 0 Å². The van der Waals surface area contributed by atoms with E-state index in [4.69, 9.17) is 17.5 Å². The fourth-order valence-corrected chi connectivity index (χ4v) is 2.67. The molecular weight excluding hydrogens is 204 g/mol. The predicted octanol–water partition coefficient (Wildman–Crippen LogP) is 2.98. The summed E-state index contributed by atoms with van der Waals surface area (Å²) < 4.78 is 0. The van der Waals surface area contributed by atoms with Crippen LogP contribution in [0.15, 0.2) is 0 Å². The zero-order valence-corrected chi connectivity index (χ0v) is 10.7. The summed E-state index contributed by atoms with van der Waals surface area (Å²) in [4.78, 5) is 3.15. The molecule has 0 N–H and O–H groups in total. The van der Waals surface area contributed by atoms with Gasteiger partial charge in [-0.2, -0.15) is 5.26 Å². The van der Waals surface area contributed by atoms with Gasteiger partial charge in [-0.05, 0) is 25.2 Å². The molecule has 1 aliphatic heterocycles. The minimum absolute atomic E-state index is 0.00494. The standard InChI is InChI=1S/C12H20N2S/c1-4-11(8-13)14-6-5-10(12(14)15)7-9(2)3/h9-11H,4-7H2,1-3H3. The summed E-state index contributed by atoms with van der Waals surface area (Å²) in [6.07, 6.45) is 3.16. The molecule has 0 amide bonds. The largest absolute Gasteiger partial charge is 0.350 e. The van der Waals surface area contributed by atoms with Gasteiger partial charge in [0.25, 0.3) is 0 Å². The average molecular weight is 224 g/mol. The van der Waals surface area contributed by atoms with E-state index in [9.17, 15) is 0 Å². The van der Waals surface area contributed by atoms with E-state index in [1.165, 1.54) is 0 Å². The van der Waals surface area contributed by atoms with E-state index >= 15 is 0 Å². The van der Waals surface area contributed by atoms with Gasteiger partial charge in [0.05, 0.1) is 11.1 Å². The summed E-state index contributed by atoms with van der Waals surface area (Å²) in [5.74, 6) is 1.22. The van der Waals surface area contributed by atoms with Crippen molar-refractivity contribution in [2.75, 3.05) is 6.54 Å².